The first-order valence-corrected chi connectivity index (χ1v) is 11.7. The molecule has 2 fully saturated rings. The molecule has 1 atom stereocenters. The highest BCUT2D eigenvalue weighted by Gasteiger charge is 2.49. The SMILES string of the molecule is Cc1c([C@@H](O)CN2CCC3(CC2)CCN(c2ccnc4c2OCO4)C3=O)ccc2c1COC2=O. The van der Waals surface area contributed by atoms with Gasteiger partial charge in [-0.1, -0.05) is 6.07 Å². The van der Waals surface area contributed by atoms with Crippen LogP contribution in [-0.4, -0.2) is 59.8 Å². The highest BCUT2D eigenvalue weighted by atomic mass is 16.7. The highest BCUT2D eigenvalue weighted by molar-refractivity contribution is 6.01. The third-order valence-electron chi connectivity index (χ3n) is 7.86. The number of hydrogen-bond donors (Lipinski definition) is 1. The molecule has 0 bridgehead atoms. The maximum absolute atomic E-state index is 13.5. The molecule has 0 aliphatic carbocycles. The summed E-state index contributed by atoms with van der Waals surface area (Å²) in [5.41, 5.74) is 3.56. The molecule has 0 unspecified atom stereocenters. The van der Waals surface area contributed by atoms with Crippen molar-refractivity contribution in [3.63, 3.8) is 0 Å². The number of rotatable bonds is 4. The van der Waals surface area contributed by atoms with Gasteiger partial charge >= 0.3 is 5.97 Å². The number of ether oxygens (including phenoxy) is 3. The molecule has 2 aromatic rings. The smallest absolute Gasteiger partial charge is 0.338 e. The highest BCUT2D eigenvalue weighted by Crippen LogP contribution is 2.47. The molecule has 2 saturated heterocycles. The van der Waals surface area contributed by atoms with Gasteiger partial charge in [0.25, 0.3) is 5.88 Å². The molecule has 6 rings (SSSR count). The van der Waals surface area contributed by atoms with Crippen molar-refractivity contribution >= 4 is 17.6 Å². The van der Waals surface area contributed by atoms with Crippen LogP contribution in [0.2, 0.25) is 0 Å². The van der Waals surface area contributed by atoms with Gasteiger partial charge in [0.2, 0.25) is 18.4 Å². The van der Waals surface area contributed by atoms with Gasteiger partial charge in [-0.3, -0.25) is 4.79 Å². The van der Waals surface area contributed by atoms with E-state index in [2.05, 4.69) is 9.88 Å². The van der Waals surface area contributed by atoms with Gasteiger partial charge in [0.15, 0.2) is 0 Å². The third kappa shape index (κ3) is 3.25. The standard InChI is InChI=1S/C25H27N3O6/c1-15-16(2-3-17-18(15)13-32-23(17)30)20(29)12-27-9-5-25(6-10-27)7-11-28(24(25)31)19-4-8-26-22-21(19)33-14-34-22/h2-4,8,20,29H,5-7,9-14H2,1H3/t20-/m0/s1. The summed E-state index contributed by atoms with van der Waals surface area (Å²) >= 11 is 0. The van der Waals surface area contributed by atoms with E-state index in [0.29, 0.717) is 30.3 Å². The average molecular weight is 466 g/mol. The van der Waals surface area contributed by atoms with Crippen molar-refractivity contribution < 1.29 is 28.9 Å². The van der Waals surface area contributed by atoms with E-state index in [-0.39, 0.29) is 30.7 Å². The number of aromatic nitrogens is 1. The minimum absolute atomic E-state index is 0.122. The molecule has 1 spiro atoms. The van der Waals surface area contributed by atoms with Crippen molar-refractivity contribution in [1.29, 1.82) is 0 Å². The second-order valence-electron chi connectivity index (χ2n) is 9.56. The lowest BCUT2D eigenvalue weighted by atomic mass is 9.77. The summed E-state index contributed by atoms with van der Waals surface area (Å²) in [6, 6.07) is 5.39. The molecule has 0 saturated carbocycles. The maximum Gasteiger partial charge on any atom is 0.338 e. The van der Waals surface area contributed by atoms with Crippen molar-refractivity contribution in [2.75, 3.05) is 37.9 Å². The number of fused-ring (bicyclic) bond motifs is 2. The average Bonchev–Trinajstić information content (AvgIpc) is 3.55. The molecule has 4 aliphatic heterocycles. The lowest BCUT2D eigenvalue weighted by Crippen LogP contribution is -2.45. The van der Waals surface area contributed by atoms with E-state index >= 15 is 0 Å². The van der Waals surface area contributed by atoms with Crippen molar-refractivity contribution in [1.82, 2.24) is 9.88 Å². The number of pyridine rings is 1. The number of carbonyl (C=O) groups is 2. The number of benzene rings is 1. The number of piperidine rings is 1. The summed E-state index contributed by atoms with van der Waals surface area (Å²) in [7, 11) is 0. The Balaban J connectivity index is 1.12. The topological polar surface area (TPSA) is 101 Å². The molecule has 9 heteroatoms. The number of nitrogens with zero attached hydrogens (tertiary/aromatic N) is 3. The van der Waals surface area contributed by atoms with Crippen LogP contribution in [0.25, 0.3) is 0 Å². The number of aliphatic hydroxyl groups excluding tert-OH is 1. The van der Waals surface area contributed by atoms with Gasteiger partial charge in [-0.25, -0.2) is 9.78 Å². The van der Waals surface area contributed by atoms with Crippen LogP contribution >= 0.6 is 0 Å². The molecule has 178 valence electrons. The number of hydrogen-bond acceptors (Lipinski definition) is 8. The van der Waals surface area contributed by atoms with E-state index in [4.69, 9.17) is 14.2 Å². The number of anilines is 1. The minimum Gasteiger partial charge on any atom is -0.457 e. The van der Waals surface area contributed by atoms with Gasteiger partial charge in [-0.15, -0.1) is 0 Å². The first-order chi connectivity index (χ1) is 16.5. The first kappa shape index (κ1) is 21.4. The summed E-state index contributed by atoms with van der Waals surface area (Å²) in [6.45, 7) is 4.95. The molecular formula is C25H27N3O6. The predicted molar refractivity (Wildman–Crippen MR) is 121 cm³/mol. The third-order valence-corrected chi connectivity index (χ3v) is 7.86. The summed E-state index contributed by atoms with van der Waals surface area (Å²) in [5.74, 6) is 0.820. The van der Waals surface area contributed by atoms with Gasteiger partial charge in [0, 0.05) is 24.8 Å². The number of cyclic esters (lactones) is 1. The Labute approximate surface area is 197 Å². The maximum atomic E-state index is 13.5. The normalized spacial score (nSPS) is 21.8. The van der Waals surface area contributed by atoms with E-state index in [0.717, 1.165) is 54.7 Å². The van der Waals surface area contributed by atoms with Crippen LogP contribution in [0.15, 0.2) is 24.4 Å². The van der Waals surface area contributed by atoms with Gasteiger partial charge < -0.3 is 29.1 Å². The Morgan fingerprint density at radius 2 is 1.88 bits per heavy atom. The summed E-state index contributed by atoms with van der Waals surface area (Å²) in [6.07, 6.45) is 3.30. The van der Waals surface area contributed by atoms with E-state index in [9.17, 15) is 14.7 Å². The summed E-state index contributed by atoms with van der Waals surface area (Å²) < 4.78 is 16.1. The number of β-amino-alcohol motifs (C(OH)–C–C–N with tert-alkyl or cyclic N) is 1. The van der Waals surface area contributed by atoms with Gasteiger partial charge in [-0.05, 0) is 62.5 Å². The minimum atomic E-state index is -0.664. The molecule has 0 radical (unpaired) electrons. The monoisotopic (exact) mass is 465 g/mol. The number of amides is 1. The van der Waals surface area contributed by atoms with Crippen LogP contribution in [0.1, 0.15) is 52.4 Å². The second-order valence-corrected chi connectivity index (χ2v) is 9.56. The van der Waals surface area contributed by atoms with Crippen LogP contribution in [0.3, 0.4) is 0 Å². The zero-order valence-corrected chi connectivity index (χ0v) is 19.1. The van der Waals surface area contributed by atoms with E-state index in [1.165, 1.54) is 0 Å². The van der Waals surface area contributed by atoms with Crippen LogP contribution in [0, 0.1) is 12.3 Å². The number of aliphatic hydroxyl groups is 1. The molecule has 9 nitrogen and oxygen atoms in total. The second kappa shape index (κ2) is 7.95. The van der Waals surface area contributed by atoms with E-state index in [1.807, 2.05) is 24.0 Å². The lowest BCUT2D eigenvalue weighted by molar-refractivity contribution is -0.128. The number of likely N-dealkylation sites (tertiary alicyclic amines) is 1. The van der Waals surface area contributed by atoms with Crippen molar-refractivity contribution in [2.24, 2.45) is 5.41 Å². The molecule has 5 heterocycles. The number of esters is 1. The van der Waals surface area contributed by atoms with E-state index in [1.54, 1.807) is 12.3 Å². The Kier molecular flexibility index (Phi) is 5.00. The quantitative estimate of drug-likeness (QED) is 0.687. The van der Waals surface area contributed by atoms with Gasteiger partial charge in [-0.2, -0.15) is 0 Å². The first-order valence-electron chi connectivity index (χ1n) is 11.7. The predicted octanol–water partition coefficient (Wildman–Crippen LogP) is 2.34. The summed E-state index contributed by atoms with van der Waals surface area (Å²) in [4.78, 5) is 33.5. The fourth-order valence-electron chi connectivity index (χ4n) is 5.76. The molecule has 1 amide bonds. The zero-order chi connectivity index (χ0) is 23.4. The Morgan fingerprint density at radius 3 is 2.71 bits per heavy atom. The van der Waals surface area contributed by atoms with Crippen LogP contribution in [0.5, 0.6) is 11.6 Å². The van der Waals surface area contributed by atoms with Crippen LogP contribution in [-0.2, 0) is 16.1 Å². The molecule has 1 N–H and O–H groups in total. The summed E-state index contributed by atoms with van der Waals surface area (Å²) in [5, 5.41) is 11.0. The Morgan fingerprint density at radius 1 is 1.09 bits per heavy atom. The largest absolute Gasteiger partial charge is 0.457 e. The fraction of sp³-hybridized carbons (Fsp3) is 0.480. The lowest BCUT2D eigenvalue weighted by Gasteiger charge is -2.38. The Bertz CT molecular complexity index is 1170. The van der Waals surface area contributed by atoms with Crippen LogP contribution < -0.4 is 14.4 Å². The van der Waals surface area contributed by atoms with E-state index < -0.39 is 6.10 Å². The zero-order valence-electron chi connectivity index (χ0n) is 19.1. The molecule has 4 aliphatic rings. The van der Waals surface area contributed by atoms with Crippen LogP contribution in [0.4, 0.5) is 5.69 Å². The molecule has 1 aromatic carbocycles. The van der Waals surface area contributed by atoms with Gasteiger partial charge in [0.05, 0.1) is 22.8 Å². The molecular weight excluding hydrogens is 438 g/mol. The Hall–Kier alpha value is -3.17. The molecule has 1 aromatic heterocycles. The van der Waals surface area contributed by atoms with Crippen molar-refractivity contribution in [3.8, 4) is 11.6 Å². The molecule has 34 heavy (non-hydrogen) atoms. The fourth-order valence-corrected chi connectivity index (χ4v) is 5.76. The van der Waals surface area contributed by atoms with Crippen molar-refractivity contribution in [3.05, 3.63) is 46.6 Å². The van der Waals surface area contributed by atoms with Gasteiger partial charge in [0.1, 0.15) is 6.61 Å². The number of carbonyl (C=O) groups excluding carboxylic acids is 2. The van der Waals surface area contributed by atoms with Crippen molar-refractivity contribution in [2.45, 2.75) is 38.9 Å².